The van der Waals surface area contributed by atoms with Gasteiger partial charge in [-0.25, -0.2) is 0 Å². The van der Waals surface area contributed by atoms with Crippen LogP contribution in [0.4, 0.5) is 0 Å². The molecule has 0 bridgehead atoms. The standard InChI is InChI=1S/C14H22N2O/c1-11(2)14-6-4-5-12(15-14)9-16-8-7-13(10-16)17-3/h4-6,11,13H,7-10H2,1-3H3/t13-/m1/s1. The zero-order chi connectivity index (χ0) is 12.3. The molecule has 1 atom stereocenters. The van der Waals surface area contributed by atoms with E-state index in [1.165, 1.54) is 11.4 Å². The zero-order valence-electron chi connectivity index (χ0n) is 11.0. The van der Waals surface area contributed by atoms with E-state index in [9.17, 15) is 0 Å². The number of pyridine rings is 1. The molecule has 0 aliphatic carbocycles. The maximum absolute atomic E-state index is 5.38. The van der Waals surface area contributed by atoms with Crippen LogP contribution >= 0.6 is 0 Å². The van der Waals surface area contributed by atoms with Crippen LogP contribution in [0, 0.1) is 0 Å². The van der Waals surface area contributed by atoms with Crippen molar-refractivity contribution < 1.29 is 4.74 Å². The molecule has 1 aliphatic rings. The molecule has 17 heavy (non-hydrogen) atoms. The molecule has 1 aliphatic heterocycles. The molecule has 2 rings (SSSR count). The largest absolute Gasteiger partial charge is 0.380 e. The van der Waals surface area contributed by atoms with E-state index >= 15 is 0 Å². The molecule has 0 saturated carbocycles. The minimum absolute atomic E-state index is 0.406. The molecule has 1 saturated heterocycles. The van der Waals surface area contributed by atoms with Crippen LogP contribution in [-0.2, 0) is 11.3 Å². The van der Waals surface area contributed by atoms with Crippen LogP contribution in [0.3, 0.4) is 0 Å². The number of hydrogen-bond acceptors (Lipinski definition) is 3. The van der Waals surface area contributed by atoms with Gasteiger partial charge in [0.15, 0.2) is 0 Å². The fourth-order valence-corrected chi connectivity index (χ4v) is 2.27. The van der Waals surface area contributed by atoms with Crippen molar-refractivity contribution in [3.8, 4) is 0 Å². The van der Waals surface area contributed by atoms with Crippen LogP contribution in [0.15, 0.2) is 18.2 Å². The van der Waals surface area contributed by atoms with E-state index in [4.69, 9.17) is 9.72 Å². The molecule has 0 radical (unpaired) electrons. The monoisotopic (exact) mass is 234 g/mol. The Hall–Kier alpha value is -0.930. The average Bonchev–Trinajstić information content (AvgIpc) is 2.77. The SMILES string of the molecule is CO[C@@H]1CCN(Cc2cccc(C(C)C)n2)C1. The third-order valence-corrected chi connectivity index (χ3v) is 3.37. The lowest BCUT2D eigenvalue weighted by atomic mass is 10.1. The third kappa shape index (κ3) is 3.27. The summed E-state index contributed by atoms with van der Waals surface area (Å²) < 4.78 is 5.38. The Morgan fingerprint density at radius 1 is 1.47 bits per heavy atom. The highest BCUT2D eigenvalue weighted by Gasteiger charge is 2.22. The number of nitrogens with zero attached hydrogens (tertiary/aromatic N) is 2. The molecule has 0 unspecified atom stereocenters. The molecule has 1 aromatic rings. The molecule has 0 aromatic carbocycles. The Bertz CT molecular complexity index is 365. The lowest BCUT2D eigenvalue weighted by Gasteiger charge is -2.16. The lowest BCUT2D eigenvalue weighted by Crippen LogP contribution is -2.23. The smallest absolute Gasteiger partial charge is 0.0710 e. The molecule has 0 N–H and O–H groups in total. The summed E-state index contributed by atoms with van der Waals surface area (Å²) >= 11 is 0. The molecular formula is C14H22N2O. The van der Waals surface area contributed by atoms with Crippen molar-refractivity contribution in [2.75, 3.05) is 20.2 Å². The molecular weight excluding hydrogens is 212 g/mol. The second-order valence-corrected chi connectivity index (χ2v) is 5.09. The first-order chi connectivity index (χ1) is 8.19. The van der Waals surface area contributed by atoms with Gasteiger partial charge < -0.3 is 4.74 Å². The molecule has 3 nitrogen and oxygen atoms in total. The number of aromatic nitrogens is 1. The topological polar surface area (TPSA) is 25.4 Å². The number of methoxy groups -OCH3 is 1. The Balaban J connectivity index is 1.97. The van der Waals surface area contributed by atoms with E-state index in [2.05, 4.69) is 36.9 Å². The fourth-order valence-electron chi connectivity index (χ4n) is 2.27. The van der Waals surface area contributed by atoms with Crippen LogP contribution in [0.1, 0.15) is 37.6 Å². The molecule has 1 fully saturated rings. The van der Waals surface area contributed by atoms with Crippen LogP contribution in [0.2, 0.25) is 0 Å². The van der Waals surface area contributed by atoms with Crippen molar-refractivity contribution in [1.82, 2.24) is 9.88 Å². The van der Waals surface area contributed by atoms with E-state index in [0.717, 1.165) is 26.1 Å². The predicted octanol–water partition coefficient (Wildman–Crippen LogP) is 2.43. The van der Waals surface area contributed by atoms with Crippen LogP contribution < -0.4 is 0 Å². The maximum atomic E-state index is 5.38. The Labute approximate surface area is 104 Å². The highest BCUT2D eigenvalue weighted by atomic mass is 16.5. The van der Waals surface area contributed by atoms with E-state index in [0.29, 0.717) is 12.0 Å². The van der Waals surface area contributed by atoms with Crippen molar-refractivity contribution >= 4 is 0 Å². The Morgan fingerprint density at radius 3 is 2.94 bits per heavy atom. The lowest BCUT2D eigenvalue weighted by molar-refractivity contribution is 0.107. The average molecular weight is 234 g/mol. The van der Waals surface area contributed by atoms with Gasteiger partial charge in [0.05, 0.1) is 11.8 Å². The van der Waals surface area contributed by atoms with Gasteiger partial charge >= 0.3 is 0 Å². The van der Waals surface area contributed by atoms with Crippen molar-refractivity contribution in [3.05, 3.63) is 29.6 Å². The van der Waals surface area contributed by atoms with Crippen LogP contribution in [0.5, 0.6) is 0 Å². The first-order valence-electron chi connectivity index (χ1n) is 6.40. The summed E-state index contributed by atoms with van der Waals surface area (Å²) in [7, 11) is 1.80. The van der Waals surface area contributed by atoms with Gasteiger partial charge in [0.1, 0.15) is 0 Å². The molecule has 2 heterocycles. The van der Waals surface area contributed by atoms with E-state index in [1.807, 2.05) is 0 Å². The van der Waals surface area contributed by atoms with Crippen molar-refractivity contribution in [2.45, 2.75) is 38.8 Å². The van der Waals surface area contributed by atoms with Gasteiger partial charge in [0.25, 0.3) is 0 Å². The van der Waals surface area contributed by atoms with E-state index < -0.39 is 0 Å². The Morgan fingerprint density at radius 2 is 2.29 bits per heavy atom. The summed E-state index contributed by atoms with van der Waals surface area (Å²) in [6, 6.07) is 6.34. The number of hydrogen-bond donors (Lipinski definition) is 0. The van der Waals surface area contributed by atoms with Gasteiger partial charge in [0.2, 0.25) is 0 Å². The molecule has 0 spiro atoms. The third-order valence-electron chi connectivity index (χ3n) is 3.37. The molecule has 0 amide bonds. The van der Waals surface area contributed by atoms with Crippen LogP contribution in [0.25, 0.3) is 0 Å². The summed E-state index contributed by atoms with van der Waals surface area (Å²) in [4.78, 5) is 7.12. The predicted molar refractivity (Wildman–Crippen MR) is 69.0 cm³/mol. The van der Waals surface area contributed by atoms with Crippen molar-refractivity contribution in [1.29, 1.82) is 0 Å². The van der Waals surface area contributed by atoms with Gasteiger partial charge in [-0.15, -0.1) is 0 Å². The normalized spacial score (nSPS) is 21.3. The minimum Gasteiger partial charge on any atom is -0.380 e. The fraction of sp³-hybridized carbons (Fsp3) is 0.643. The molecule has 94 valence electrons. The van der Waals surface area contributed by atoms with E-state index in [1.54, 1.807) is 7.11 Å². The first-order valence-corrected chi connectivity index (χ1v) is 6.40. The number of rotatable bonds is 4. The van der Waals surface area contributed by atoms with Gasteiger partial charge in [-0.2, -0.15) is 0 Å². The minimum atomic E-state index is 0.406. The summed E-state index contributed by atoms with van der Waals surface area (Å²) in [6.45, 7) is 7.46. The number of likely N-dealkylation sites (tertiary alicyclic amines) is 1. The second kappa shape index (κ2) is 5.61. The first kappa shape index (κ1) is 12.5. The van der Waals surface area contributed by atoms with Crippen molar-refractivity contribution in [3.63, 3.8) is 0 Å². The summed E-state index contributed by atoms with van der Waals surface area (Å²) in [5.74, 6) is 0.500. The van der Waals surface area contributed by atoms with Gasteiger partial charge in [0, 0.05) is 32.4 Å². The van der Waals surface area contributed by atoms with Gasteiger partial charge in [-0.1, -0.05) is 19.9 Å². The van der Waals surface area contributed by atoms with Crippen molar-refractivity contribution in [2.24, 2.45) is 0 Å². The zero-order valence-corrected chi connectivity index (χ0v) is 11.0. The second-order valence-electron chi connectivity index (χ2n) is 5.09. The highest BCUT2D eigenvalue weighted by Crippen LogP contribution is 2.16. The van der Waals surface area contributed by atoms with Crippen LogP contribution in [-0.4, -0.2) is 36.2 Å². The van der Waals surface area contributed by atoms with E-state index in [-0.39, 0.29) is 0 Å². The van der Waals surface area contributed by atoms with Gasteiger partial charge in [-0.3, -0.25) is 9.88 Å². The highest BCUT2D eigenvalue weighted by molar-refractivity contribution is 5.14. The summed E-state index contributed by atoms with van der Waals surface area (Å²) in [5.41, 5.74) is 2.36. The summed E-state index contributed by atoms with van der Waals surface area (Å²) in [5, 5.41) is 0. The number of ether oxygens (including phenoxy) is 1. The maximum Gasteiger partial charge on any atom is 0.0710 e. The molecule has 3 heteroatoms. The Kier molecular flexibility index (Phi) is 4.13. The van der Waals surface area contributed by atoms with Gasteiger partial charge in [-0.05, 0) is 24.5 Å². The quantitative estimate of drug-likeness (QED) is 0.800. The molecule has 1 aromatic heterocycles. The summed E-state index contributed by atoms with van der Waals surface area (Å²) in [6.07, 6.45) is 1.55.